The third-order valence-corrected chi connectivity index (χ3v) is 5.58. The second kappa shape index (κ2) is 4.86. The quantitative estimate of drug-likeness (QED) is 0.678. The van der Waals surface area contributed by atoms with Crippen LogP contribution in [0.2, 0.25) is 0 Å². The van der Waals surface area contributed by atoms with E-state index < -0.39 is 10.0 Å². The fourth-order valence-corrected chi connectivity index (χ4v) is 4.42. The van der Waals surface area contributed by atoms with Crippen molar-refractivity contribution in [2.75, 3.05) is 19.6 Å². The molecule has 0 aromatic carbocycles. The summed E-state index contributed by atoms with van der Waals surface area (Å²) in [6, 6.07) is -0.0395. The summed E-state index contributed by atoms with van der Waals surface area (Å²) in [4.78, 5) is 2.28. The van der Waals surface area contributed by atoms with Gasteiger partial charge in [0.15, 0.2) is 5.03 Å². The van der Waals surface area contributed by atoms with Gasteiger partial charge in [-0.15, -0.1) is 0 Å². The van der Waals surface area contributed by atoms with Crippen LogP contribution >= 0.6 is 0 Å². The van der Waals surface area contributed by atoms with Crippen LogP contribution in [0.5, 0.6) is 0 Å². The zero-order chi connectivity index (χ0) is 13.5. The van der Waals surface area contributed by atoms with Crippen LogP contribution in [0.15, 0.2) is 11.2 Å². The SMILES string of the molecule is O=S(=O)(NC1CN2CCC1CC2)c1[nH]ncc1CO. The van der Waals surface area contributed by atoms with Crippen molar-refractivity contribution in [3.8, 4) is 0 Å². The van der Waals surface area contributed by atoms with Gasteiger partial charge in [-0.05, 0) is 31.8 Å². The van der Waals surface area contributed by atoms with Gasteiger partial charge < -0.3 is 10.0 Å². The topological polar surface area (TPSA) is 98.3 Å². The van der Waals surface area contributed by atoms with Crippen molar-refractivity contribution in [1.29, 1.82) is 0 Å². The molecule has 0 radical (unpaired) electrons. The summed E-state index contributed by atoms with van der Waals surface area (Å²) in [7, 11) is -3.64. The molecule has 1 atom stereocenters. The normalized spacial score (nSPS) is 30.7. The minimum atomic E-state index is -3.64. The highest BCUT2D eigenvalue weighted by atomic mass is 32.2. The maximum Gasteiger partial charge on any atom is 0.258 e. The Morgan fingerprint density at radius 3 is 2.79 bits per heavy atom. The molecular formula is C11H18N4O3S. The van der Waals surface area contributed by atoms with E-state index in [1.54, 1.807) is 0 Å². The smallest absolute Gasteiger partial charge is 0.258 e. The van der Waals surface area contributed by atoms with Gasteiger partial charge in [-0.3, -0.25) is 5.10 Å². The molecule has 1 unspecified atom stereocenters. The van der Waals surface area contributed by atoms with Crippen LogP contribution in [0.25, 0.3) is 0 Å². The maximum absolute atomic E-state index is 12.3. The number of sulfonamides is 1. The Bertz CT molecular complexity index is 548. The molecule has 1 aromatic heterocycles. The first kappa shape index (κ1) is 13.0. The largest absolute Gasteiger partial charge is 0.392 e. The lowest BCUT2D eigenvalue weighted by atomic mass is 9.85. The Morgan fingerprint density at radius 1 is 1.47 bits per heavy atom. The lowest BCUT2D eigenvalue weighted by molar-refractivity contribution is 0.0826. The molecule has 4 heterocycles. The van der Waals surface area contributed by atoms with Gasteiger partial charge in [0.1, 0.15) is 0 Å². The fraction of sp³-hybridized carbons (Fsp3) is 0.727. The van der Waals surface area contributed by atoms with Gasteiger partial charge in [-0.1, -0.05) is 0 Å². The molecule has 3 saturated heterocycles. The molecule has 0 saturated carbocycles. The molecule has 3 N–H and O–H groups in total. The van der Waals surface area contributed by atoms with E-state index in [4.69, 9.17) is 5.11 Å². The third kappa shape index (κ3) is 2.40. The Balaban J connectivity index is 1.79. The minimum Gasteiger partial charge on any atom is -0.392 e. The van der Waals surface area contributed by atoms with Crippen molar-refractivity contribution in [3.63, 3.8) is 0 Å². The second-order valence-electron chi connectivity index (χ2n) is 5.25. The van der Waals surface area contributed by atoms with Crippen molar-refractivity contribution in [2.45, 2.75) is 30.5 Å². The van der Waals surface area contributed by atoms with Gasteiger partial charge in [-0.2, -0.15) is 5.10 Å². The standard InChI is InChI=1S/C11H18N4O3S/c16-7-9-5-12-13-11(9)19(17,18)14-10-6-15-3-1-8(10)2-4-15/h5,8,10,14,16H,1-4,6-7H2,(H,12,13). The van der Waals surface area contributed by atoms with Gasteiger partial charge in [-0.25, -0.2) is 13.1 Å². The molecule has 0 spiro atoms. The summed E-state index contributed by atoms with van der Waals surface area (Å²) in [6.07, 6.45) is 3.43. The number of nitrogens with one attached hydrogen (secondary N) is 2. The van der Waals surface area contributed by atoms with Crippen molar-refractivity contribution < 1.29 is 13.5 Å². The highest BCUT2D eigenvalue weighted by Gasteiger charge is 2.37. The Hall–Kier alpha value is -0.960. The molecule has 106 valence electrons. The molecule has 3 fully saturated rings. The van der Waals surface area contributed by atoms with Crippen LogP contribution < -0.4 is 4.72 Å². The second-order valence-corrected chi connectivity index (χ2v) is 6.90. The number of hydrogen-bond donors (Lipinski definition) is 3. The summed E-state index contributed by atoms with van der Waals surface area (Å²) in [5.74, 6) is 0.417. The predicted octanol–water partition coefficient (Wildman–Crippen LogP) is -0.725. The Kier molecular flexibility index (Phi) is 3.34. The molecule has 3 aliphatic heterocycles. The summed E-state index contributed by atoms with van der Waals surface area (Å²) in [5.41, 5.74) is 0.300. The molecule has 2 bridgehead atoms. The summed E-state index contributed by atoms with van der Waals surface area (Å²) >= 11 is 0. The van der Waals surface area contributed by atoms with Crippen molar-refractivity contribution in [2.24, 2.45) is 5.92 Å². The molecular weight excluding hydrogens is 268 g/mol. The lowest BCUT2D eigenvalue weighted by Crippen LogP contribution is -2.57. The van der Waals surface area contributed by atoms with E-state index in [0.29, 0.717) is 11.5 Å². The van der Waals surface area contributed by atoms with Crippen molar-refractivity contribution >= 4 is 10.0 Å². The van der Waals surface area contributed by atoms with Crippen molar-refractivity contribution in [1.82, 2.24) is 19.8 Å². The van der Waals surface area contributed by atoms with Crippen LogP contribution in [0, 0.1) is 5.92 Å². The molecule has 8 heteroatoms. The van der Waals surface area contributed by atoms with E-state index in [9.17, 15) is 8.42 Å². The maximum atomic E-state index is 12.3. The molecule has 1 aromatic rings. The number of aromatic nitrogens is 2. The highest BCUT2D eigenvalue weighted by molar-refractivity contribution is 7.89. The van der Waals surface area contributed by atoms with E-state index >= 15 is 0 Å². The van der Waals surface area contributed by atoms with Gasteiger partial charge in [0.2, 0.25) is 0 Å². The predicted molar refractivity (Wildman–Crippen MR) is 67.8 cm³/mol. The van der Waals surface area contributed by atoms with E-state index in [2.05, 4.69) is 19.8 Å². The average molecular weight is 286 g/mol. The number of hydrogen-bond acceptors (Lipinski definition) is 5. The summed E-state index contributed by atoms with van der Waals surface area (Å²) in [6.45, 7) is 2.56. The number of nitrogens with zero attached hydrogens (tertiary/aromatic N) is 2. The minimum absolute atomic E-state index is 0.0218. The number of fused-ring (bicyclic) bond motifs is 3. The third-order valence-electron chi connectivity index (χ3n) is 4.08. The van der Waals surface area contributed by atoms with Crippen LogP contribution in [-0.4, -0.2) is 54.3 Å². The highest BCUT2D eigenvalue weighted by Crippen LogP contribution is 2.28. The van der Waals surface area contributed by atoms with Gasteiger partial charge in [0.25, 0.3) is 10.0 Å². The number of H-pyrrole nitrogens is 1. The molecule has 19 heavy (non-hydrogen) atoms. The number of aromatic amines is 1. The Morgan fingerprint density at radius 2 is 2.21 bits per heavy atom. The number of aliphatic hydroxyl groups excluding tert-OH is 1. The summed E-state index contributed by atoms with van der Waals surface area (Å²) in [5, 5.41) is 15.2. The first-order valence-corrected chi connectivity index (χ1v) is 7.96. The van der Waals surface area contributed by atoms with Crippen LogP contribution in [-0.2, 0) is 16.6 Å². The van der Waals surface area contributed by atoms with E-state index in [1.165, 1.54) is 6.20 Å². The lowest BCUT2D eigenvalue weighted by Gasteiger charge is -2.44. The number of piperidine rings is 3. The fourth-order valence-electron chi connectivity index (χ4n) is 3.00. The van der Waals surface area contributed by atoms with Crippen molar-refractivity contribution in [3.05, 3.63) is 11.8 Å². The molecule has 3 aliphatic rings. The van der Waals surface area contributed by atoms with E-state index in [1.807, 2.05) is 0 Å². The summed E-state index contributed by atoms with van der Waals surface area (Å²) < 4.78 is 27.4. The molecule has 0 amide bonds. The number of rotatable bonds is 4. The number of aliphatic hydroxyl groups is 1. The Labute approximate surface area is 112 Å². The van der Waals surface area contributed by atoms with Gasteiger partial charge in [0, 0.05) is 18.2 Å². The van der Waals surface area contributed by atoms with E-state index in [0.717, 1.165) is 32.5 Å². The van der Waals surface area contributed by atoms with Crippen LogP contribution in [0.3, 0.4) is 0 Å². The van der Waals surface area contributed by atoms with Gasteiger partial charge >= 0.3 is 0 Å². The monoisotopic (exact) mass is 286 g/mol. The first-order chi connectivity index (χ1) is 9.10. The van der Waals surface area contributed by atoms with Crippen LogP contribution in [0.4, 0.5) is 0 Å². The molecule has 7 nitrogen and oxygen atoms in total. The average Bonchev–Trinajstić information content (AvgIpc) is 2.89. The van der Waals surface area contributed by atoms with Gasteiger partial charge in [0.05, 0.1) is 12.8 Å². The zero-order valence-electron chi connectivity index (χ0n) is 10.5. The van der Waals surface area contributed by atoms with Crippen LogP contribution in [0.1, 0.15) is 18.4 Å². The van der Waals surface area contributed by atoms with E-state index in [-0.39, 0.29) is 17.7 Å². The molecule has 4 rings (SSSR count). The molecule has 0 aliphatic carbocycles. The first-order valence-electron chi connectivity index (χ1n) is 6.48. The zero-order valence-corrected chi connectivity index (χ0v) is 11.4.